The first-order valence-corrected chi connectivity index (χ1v) is 9.27. The summed E-state index contributed by atoms with van der Waals surface area (Å²) in [5.74, 6) is 0.940. The Kier molecular flexibility index (Phi) is 3.39. The van der Waals surface area contributed by atoms with Gasteiger partial charge >= 0.3 is 0 Å². The van der Waals surface area contributed by atoms with Gasteiger partial charge in [0.25, 0.3) is 0 Å². The summed E-state index contributed by atoms with van der Waals surface area (Å²) in [4.78, 5) is 20.7. The molecule has 0 saturated heterocycles. The maximum Gasteiger partial charge on any atom is 0.229 e. The summed E-state index contributed by atoms with van der Waals surface area (Å²) in [6.07, 6.45) is 5.52. The fourth-order valence-corrected chi connectivity index (χ4v) is 3.90. The van der Waals surface area contributed by atoms with Gasteiger partial charge < -0.3 is 5.32 Å². The van der Waals surface area contributed by atoms with Crippen molar-refractivity contribution in [3.8, 4) is 17.1 Å². The molecule has 8 heteroatoms. The third kappa shape index (κ3) is 2.50. The van der Waals surface area contributed by atoms with Crippen LogP contribution in [0.15, 0.2) is 36.8 Å². The highest BCUT2D eigenvalue weighted by Gasteiger charge is 2.30. The molecular weight excluding hydrogens is 348 g/mol. The maximum absolute atomic E-state index is 12.0. The van der Waals surface area contributed by atoms with Gasteiger partial charge in [0, 0.05) is 11.5 Å². The first-order valence-electron chi connectivity index (χ1n) is 8.45. The van der Waals surface area contributed by atoms with Gasteiger partial charge in [0.15, 0.2) is 16.6 Å². The number of aromatic nitrogens is 5. The quantitative estimate of drug-likeness (QED) is 0.580. The van der Waals surface area contributed by atoms with Crippen molar-refractivity contribution >= 4 is 32.7 Å². The zero-order valence-corrected chi connectivity index (χ0v) is 14.9. The lowest BCUT2D eigenvalue weighted by Gasteiger charge is -2.07. The van der Waals surface area contributed by atoms with E-state index in [0.717, 1.165) is 34.6 Å². The highest BCUT2D eigenvalue weighted by Crippen LogP contribution is 2.34. The van der Waals surface area contributed by atoms with E-state index < -0.39 is 0 Å². The molecule has 0 spiro atoms. The molecule has 130 valence electrons. The highest BCUT2D eigenvalue weighted by molar-refractivity contribution is 7.22. The van der Waals surface area contributed by atoms with Crippen LogP contribution >= 0.6 is 11.3 Å². The molecule has 5 rings (SSSR count). The number of fused-ring (bicyclic) bond motifs is 1. The monoisotopic (exact) mass is 364 g/mol. The number of rotatable bonds is 4. The molecule has 26 heavy (non-hydrogen) atoms. The average Bonchev–Trinajstić information content (AvgIpc) is 3.06. The van der Waals surface area contributed by atoms with Crippen LogP contribution in [0.3, 0.4) is 0 Å². The van der Waals surface area contributed by atoms with Crippen molar-refractivity contribution in [1.29, 1.82) is 0 Å². The number of thiazole rings is 1. The first kappa shape index (κ1) is 15.3. The predicted molar refractivity (Wildman–Crippen MR) is 100 cm³/mol. The number of hydrogen-bond donors (Lipinski definition) is 2. The van der Waals surface area contributed by atoms with Gasteiger partial charge in [-0.2, -0.15) is 5.10 Å². The second-order valence-electron chi connectivity index (χ2n) is 6.47. The summed E-state index contributed by atoms with van der Waals surface area (Å²) in [6.45, 7) is 2.07. The Morgan fingerprint density at radius 1 is 1.35 bits per heavy atom. The van der Waals surface area contributed by atoms with E-state index in [9.17, 15) is 4.79 Å². The Balaban J connectivity index is 1.56. The van der Waals surface area contributed by atoms with Gasteiger partial charge in [-0.05, 0) is 25.3 Å². The molecule has 1 fully saturated rings. The van der Waals surface area contributed by atoms with E-state index in [1.807, 2.05) is 22.9 Å². The van der Waals surface area contributed by atoms with Crippen LogP contribution in [0, 0.1) is 12.8 Å². The Bertz CT molecular complexity index is 1120. The number of benzene rings is 1. The number of carbonyl (C=O) groups is 1. The van der Waals surface area contributed by atoms with Crippen LogP contribution in [-0.2, 0) is 4.79 Å². The van der Waals surface area contributed by atoms with Crippen LogP contribution in [0.2, 0.25) is 0 Å². The number of nitrogens with zero attached hydrogens (tertiary/aromatic N) is 4. The zero-order valence-electron chi connectivity index (χ0n) is 14.1. The van der Waals surface area contributed by atoms with Crippen LogP contribution in [-0.4, -0.2) is 30.6 Å². The number of H-pyrrole nitrogens is 1. The molecule has 4 aromatic rings. The van der Waals surface area contributed by atoms with Gasteiger partial charge in [-0.1, -0.05) is 35.6 Å². The van der Waals surface area contributed by atoms with Gasteiger partial charge in [0.1, 0.15) is 11.0 Å². The third-order valence-electron chi connectivity index (χ3n) is 4.56. The lowest BCUT2D eigenvalue weighted by atomic mass is 10.1. The van der Waals surface area contributed by atoms with Crippen molar-refractivity contribution in [2.24, 2.45) is 5.92 Å². The summed E-state index contributed by atoms with van der Waals surface area (Å²) >= 11 is 1.42. The van der Waals surface area contributed by atoms with Crippen molar-refractivity contribution in [1.82, 2.24) is 24.7 Å². The van der Waals surface area contributed by atoms with Crippen molar-refractivity contribution in [3.63, 3.8) is 0 Å². The summed E-state index contributed by atoms with van der Waals surface area (Å²) in [7, 11) is 0. The molecule has 0 aliphatic heterocycles. The van der Waals surface area contributed by atoms with Crippen molar-refractivity contribution in [2.75, 3.05) is 5.32 Å². The van der Waals surface area contributed by atoms with Gasteiger partial charge in [-0.15, -0.1) is 0 Å². The van der Waals surface area contributed by atoms with Crippen molar-refractivity contribution in [3.05, 3.63) is 42.4 Å². The average molecular weight is 364 g/mol. The minimum atomic E-state index is 0.0548. The third-order valence-corrected chi connectivity index (χ3v) is 5.53. The molecule has 1 saturated carbocycles. The number of amides is 1. The summed E-state index contributed by atoms with van der Waals surface area (Å²) < 4.78 is 2.84. The van der Waals surface area contributed by atoms with Gasteiger partial charge in [-0.3, -0.25) is 14.5 Å². The minimum Gasteiger partial charge on any atom is -0.302 e. The molecule has 0 unspecified atom stereocenters. The maximum atomic E-state index is 12.0. The molecule has 7 nitrogen and oxygen atoms in total. The number of imidazole rings is 1. The molecule has 3 heterocycles. The Hall–Kier alpha value is -3.00. The van der Waals surface area contributed by atoms with E-state index in [2.05, 4.69) is 44.5 Å². The Morgan fingerprint density at radius 3 is 3.00 bits per heavy atom. The number of aryl methyl sites for hydroxylation is 1. The SMILES string of the molecule is Cc1ccccc1-c1cncn1-c1n[nH]c2nc(NC(=O)C3CC3)sc12. The standard InChI is InChI=1S/C18H16N6OS/c1-10-4-2-3-5-12(10)13-8-19-9-24(13)16-14-15(22-23-16)20-18(26-14)21-17(25)11-6-7-11/h2-5,8-9,11H,6-7H2,1H3,(H2,20,21,22,23,25). The predicted octanol–water partition coefficient (Wildman–Crippen LogP) is 3.53. The van der Waals surface area contributed by atoms with Gasteiger partial charge in [0.05, 0.1) is 11.9 Å². The topological polar surface area (TPSA) is 88.5 Å². The summed E-state index contributed by atoms with van der Waals surface area (Å²) in [5, 5.41) is 10.9. The lowest BCUT2D eigenvalue weighted by molar-refractivity contribution is -0.117. The molecule has 2 N–H and O–H groups in total. The molecule has 1 aliphatic carbocycles. The Labute approximate surface area is 153 Å². The first-order chi connectivity index (χ1) is 12.7. The van der Waals surface area contributed by atoms with Crippen molar-refractivity contribution in [2.45, 2.75) is 19.8 Å². The van der Waals surface area contributed by atoms with E-state index >= 15 is 0 Å². The fraction of sp³-hybridized carbons (Fsp3) is 0.222. The van der Waals surface area contributed by atoms with Crippen LogP contribution in [0.1, 0.15) is 18.4 Å². The van der Waals surface area contributed by atoms with Crippen molar-refractivity contribution < 1.29 is 4.79 Å². The highest BCUT2D eigenvalue weighted by atomic mass is 32.1. The molecule has 0 atom stereocenters. The second-order valence-corrected chi connectivity index (χ2v) is 7.47. The summed E-state index contributed by atoms with van der Waals surface area (Å²) in [6, 6.07) is 8.17. The van der Waals surface area contributed by atoms with Gasteiger partial charge in [0.2, 0.25) is 5.91 Å². The normalized spacial score (nSPS) is 14.0. The molecule has 1 aliphatic rings. The van der Waals surface area contributed by atoms with Crippen LogP contribution in [0.4, 0.5) is 5.13 Å². The largest absolute Gasteiger partial charge is 0.302 e. The van der Waals surface area contributed by atoms with Crippen LogP contribution in [0.5, 0.6) is 0 Å². The molecule has 0 radical (unpaired) electrons. The van der Waals surface area contributed by atoms with E-state index in [4.69, 9.17) is 0 Å². The molecule has 0 bridgehead atoms. The molecular formula is C18H16N6OS. The number of hydrogen-bond acceptors (Lipinski definition) is 5. The van der Waals surface area contributed by atoms with E-state index in [0.29, 0.717) is 10.8 Å². The van der Waals surface area contributed by atoms with E-state index in [-0.39, 0.29) is 11.8 Å². The molecule has 1 aromatic carbocycles. The van der Waals surface area contributed by atoms with Crippen LogP contribution < -0.4 is 5.32 Å². The second kappa shape index (κ2) is 5.77. The van der Waals surface area contributed by atoms with E-state index in [1.54, 1.807) is 6.33 Å². The number of anilines is 1. The number of aromatic amines is 1. The summed E-state index contributed by atoms with van der Waals surface area (Å²) in [5.41, 5.74) is 3.91. The van der Waals surface area contributed by atoms with Crippen LogP contribution in [0.25, 0.3) is 27.4 Å². The molecule has 1 amide bonds. The smallest absolute Gasteiger partial charge is 0.229 e. The zero-order chi connectivity index (χ0) is 17.7. The minimum absolute atomic E-state index is 0.0548. The van der Waals surface area contributed by atoms with E-state index in [1.165, 1.54) is 16.9 Å². The number of carbonyl (C=O) groups excluding carboxylic acids is 1. The van der Waals surface area contributed by atoms with Gasteiger partial charge in [-0.25, -0.2) is 9.97 Å². The Morgan fingerprint density at radius 2 is 2.19 bits per heavy atom. The lowest BCUT2D eigenvalue weighted by Crippen LogP contribution is -2.12. The fourth-order valence-electron chi connectivity index (χ4n) is 3.00. The molecule has 3 aromatic heterocycles. The number of nitrogens with one attached hydrogen (secondary N) is 2.